The van der Waals surface area contributed by atoms with E-state index in [-0.39, 0.29) is 10.6 Å². The van der Waals surface area contributed by atoms with E-state index in [4.69, 9.17) is 39.9 Å². The fourth-order valence-electron chi connectivity index (χ4n) is 2.74. The maximum atomic E-state index is 12.4. The van der Waals surface area contributed by atoms with Gasteiger partial charge in [-0.1, -0.05) is 53.9 Å². The van der Waals surface area contributed by atoms with Gasteiger partial charge in [0.1, 0.15) is 9.23 Å². The summed E-state index contributed by atoms with van der Waals surface area (Å²) >= 11 is 19.0. The summed E-state index contributed by atoms with van der Waals surface area (Å²) in [6.07, 6.45) is 3.48. The predicted octanol–water partition coefficient (Wildman–Crippen LogP) is 4.88. The first kappa shape index (κ1) is 20.2. The normalized spacial score (nSPS) is 12.3. The minimum atomic E-state index is -4.09. The minimum Gasteiger partial charge on any atom is -0.239 e. The van der Waals surface area contributed by atoms with Gasteiger partial charge in [0, 0.05) is 23.0 Å². The number of nitrogens with two attached hydrogens (primary N) is 1. The molecule has 0 aliphatic rings. The van der Waals surface area contributed by atoms with Crippen LogP contribution in [-0.2, 0) is 14.4 Å². The van der Waals surface area contributed by atoms with Crippen LogP contribution in [0.25, 0.3) is 16.8 Å². The Bertz CT molecular complexity index is 1060. The van der Waals surface area contributed by atoms with Crippen LogP contribution in [0.3, 0.4) is 0 Å². The predicted molar refractivity (Wildman–Crippen MR) is 109 cm³/mol. The fourth-order valence-corrected chi connectivity index (χ4v) is 3.92. The largest absolute Gasteiger partial charge is 0.240 e. The zero-order valence-electron chi connectivity index (χ0n) is 14.2. The summed E-state index contributed by atoms with van der Waals surface area (Å²) in [6, 6.07) is 11.9. The third-order valence-electron chi connectivity index (χ3n) is 4.13. The van der Waals surface area contributed by atoms with Gasteiger partial charge in [0.2, 0.25) is 10.0 Å². The van der Waals surface area contributed by atoms with Crippen molar-refractivity contribution in [3.05, 3.63) is 65.4 Å². The molecule has 9 heteroatoms. The maximum Gasteiger partial charge on any atom is 0.240 e. The van der Waals surface area contributed by atoms with Crippen molar-refractivity contribution in [2.75, 3.05) is 0 Å². The Morgan fingerprint density at radius 2 is 1.81 bits per heavy atom. The Morgan fingerprint density at radius 1 is 1.15 bits per heavy atom. The van der Waals surface area contributed by atoms with E-state index < -0.39 is 14.4 Å². The Kier molecular flexibility index (Phi) is 5.57. The molecule has 3 rings (SSSR count). The fraction of sp³-hybridized carbons (Fsp3) is 0.167. The number of nitrogens with zero attached hydrogens (tertiary/aromatic N) is 2. The molecule has 27 heavy (non-hydrogen) atoms. The van der Waals surface area contributed by atoms with Crippen LogP contribution in [0.15, 0.2) is 59.8 Å². The van der Waals surface area contributed by atoms with Crippen molar-refractivity contribution < 1.29 is 8.42 Å². The van der Waals surface area contributed by atoms with Gasteiger partial charge in [0.05, 0.1) is 5.69 Å². The van der Waals surface area contributed by atoms with Crippen LogP contribution in [0.2, 0.25) is 5.02 Å². The molecule has 5 nitrogen and oxygen atoms in total. The number of sulfonamides is 1. The Morgan fingerprint density at radius 3 is 2.33 bits per heavy atom. The quantitative estimate of drug-likeness (QED) is 0.570. The second kappa shape index (κ2) is 7.45. The van der Waals surface area contributed by atoms with Gasteiger partial charge in [-0.25, -0.2) is 18.2 Å². The number of primary sulfonamides is 1. The van der Waals surface area contributed by atoms with Crippen molar-refractivity contribution in [1.82, 2.24) is 9.78 Å². The number of alkyl halides is 2. The molecule has 3 aromatic rings. The topological polar surface area (TPSA) is 78.0 Å². The first-order chi connectivity index (χ1) is 12.6. The monoisotopic (exact) mass is 443 g/mol. The van der Waals surface area contributed by atoms with E-state index in [1.54, 1.807) is 49.5 Å². The molecule has 0 saturated carbocycles. The third-order valence-corrected chi connectivity index (χ3v) is 6.25. The first-order valence-corrected chi connectivity index (χ1v) is 10.7. The van der Waals surface area contributed by atoms with Gasteiger partial charge in [-0.15, -0.1) is 0 Å². The lowest BCUT2D eigenvalue weighted by atomic mass is 9.98. The average Bonchev–Trinajstić information content (AvgIpc) is 3.15. The van der Waals surface area contributed by atoms with Crippen LogP contribution in [0, 0.1) is 0 Å². The third kappa shape index (κ3) is 4.15. The second-order valence-corrected chi connectivity index (χ2v) is 9.38. The molecule has 0 aliphatic carbocycles. The molecule has 142 valence electrons. The molecule has 0 spiro atoms. The summed E-state index contributed by atoms with van der Waals surface area (Å²) in [5.74, 6) is 0. The molecule has 2 aromatic carbocycles. The van der Waals surface area contributed by atoms with Crippen LogP contribution in [0.5, 0.6) is 0 Å². The highest BCUT2D eigenvalue weighted by atomic mass is 35.5. The van der Waals surface area contributed by atoms with Crippen LogP contribution in [0.4, 0.5) is 0 Å². The SMILES string of the molecule is CCC(Cl)(Cl)c1cc(-c2ccc(Cl)cc2)cc(S(N)(=O)=O)c1-n1cccn1. The van der Waals surface area contributed by atoms with E-state index in [0.29, 0.717) is 22.6 Å². The van der Waals surface area contributed by atoms with Crippen molar-refractivity contribution >= 4 is 44.8 Å². The van der Waals surface area contributed by atoms with Gasteiger partial charge in [0.25, 0.3) is 0 Å². The van der Waals surface area contributed by atoms with Gasteiger partial charge in [-0.3, -0.25) is 0 Å². The molecule has 0 unspecified atom stereocenters. The Labute approximate surface area is 172 Å². The Balaban J connectivity index is 2.41. The molecule has 0 atom stereocenters. The average molecular weight is 445 g/mol. The molecule has 0 radical (unpaired) electrons. The van der Waals surface area contributed by atoms with Gasteiger partial charge in [-0.2, -0.15) is 5.10 Å². The molecule has 2 N–H and O–H groups in total. The van der Waals surface area contributed by atoms with Crippen molar-refractivity contribution in [1.29, 1.82) is 0 Å². The number of hydrogen-bond donors (Lipinski definition) is 1. The molecule has 0 aliphatic heterocycles. The smallest absolute Gasteiger partial charge is 0.239 e. The van der Waals surface area contributed by atoms with E-state index in [2.05, 4.69) is 5.10 Å². The lowest BCUT2D eigenvalue weighted by Crippen LogP contribution is -2.21. The summed E-state index contributed by atoms with van der Waals surface area (Å²) < 4.78 is 24.8. The highest BCUT2D eigenvalue weighted by Crippen LogP contribution is 2.44. The standard InChI is InChI=1S/C18H16Cl3N3O2S/c1-2-18(20,21)15-10-13(12-4-6-14(19)7-5-12)11-16(27(22,25)26)17(15)24-9-3-8-23-24/h3-11H,2H2,1H3,(H2,22,25,26). The Hall–Kier alpha value is -1.57. The lowest BCUT2D eigenvalue weighted by Gasteiger charge is -2.24. The van der Waals surface area contributed by atoms with Crippen LogP contribution < -0.4 is 5.14 Å². The molecule has 1 heterocycles. The molecule has 0 fully saturated rings. The second-order valence-electron chi connectivity index (χ2n) is 5.93. The van der Waals surface area contributed by atoms with E-state index >= 15 is 0 Å². The molecule has 0 amide bonds. The van der Waals surface area contributed by atoms with Crippen molar-refractivity contribution in [3.8, 4) is 16.8 Å². The van der Waals surface area contributed by atoms with Gasteiger partial charge in [-0.05, 0) is 47.9 Å². The van der Waals surface area contributed by atoms with E-state index in [1.165, 1.54) is 16.9 Å². The van der Waals surface area contributed by atoms with Crippen LogP contribution in [0.1, 0.15) is 18.9 Å². The minimum absolute atomic E-state index is 0.118. The molecule has 0 saturated heterocycles. The maximum absolute atomic E-state index is 12.4. The number of benzene rings is 2. The molecule has 0 bridgehead atoms. The zero-order chi connectivity index (χ0) is 19.8. The van der Waals surface area contributed by atoms with Gasteiger partial charge >= 0.3 is 0 Å². The number of hydrogen-bond acceptors (Lipinski definition) is 3. The number of halogens is 3. The summed E-state index contributed by atoms with van der Waals surface area (Å²) in [5.41, 5.74) is 1.97. The van der Waals surface area contributed by atoms with E-state index in [0.717, 1.165) is 5.56 Å². The first-order valence-electron chi connectivity index (χ1n) is 7.98. The van der Waals surface area contributed by atoms with E-state index in [9.17, 15) is 8.42 Å². The molecule has 1 aromatic heterocycles. The number of rotatable bonds is 5. The highest BCUT2D eigenvalue weighted by Gasteiger charge is 2.33. The van der Waals surface area contributed by atoms with Crippen LogP contribution in [-0.4, -0.2) is 18.2 Å². The van der Waals surface area contributed by atoms with Crippen molar-refractivity contribution in [2.24, 2.45) is 5.14 Å². The lowest BCUT2D eigenvalue weighted by molar-refractivity contribution is 0.596. The highest BCUT2D eigenvalue weighted by molar-refractivity contribution is 7.89. The van der Waals surface area contributed by atoms with Crippen molar-refractivity contribution in [2.45, 2.75) is 22.6 Å². The van der Waals surface area contributed by atoms with Gasteiger partial charge < -0.3 is 0 Å². The molecular formula is C18H16Cl3N3O2S. The molecular weight excluding hydrogens is 429 g/mol. The zero-order valence-corrected chi connectivity index (χ0v) is 17.3. The summed E-state index contributed by atoms with van der Waals surface area (Å²) in [6.45, 7) is 1.80. The van der Waals surface area contributed by atoms with Gasteiger partial charge in [0.15, 0.2) is 0 Å². The van der Waals surface area contributed by atoms with Crippen LogP contribution >= 0.6 is 34.8 Å². The number of aromatic nitrogens is 2. The summed E-state index contributed by atoms with van der Waals surface area (Å²) in [5, 5.41) is 10.2. The van der Waals surface area contributed by atoms with Crippen molar-refractivity contribution in [3.63, 3.8) is 0 Å². The summed E-state index contributed by atoms with van der Waals surface area (Å²) in [7, 11) is -4.09. The van der Waals surface area contributed by atoms with E-state index in [1.807, 2.05) is 0 Å². The summed E-state index contributed by atoms with van der Waals surface area (Å²) in [4.78, 5) is -0.118.